The van der Waals surface area contributed by atoms with Crippen LogP contribution < -0.4 is 0 Å². The first-order valence-electron chi connectivity index (χ1n) is 2.21. The number of hydrogen-bond acceptors (Lipinski definition) is 1. The Morgan fingerprint density at radius 3 is 2.17 bits per heavy atom. The van der Waals surface area contributed by atoms with Crippen molar-refractivity contribution >= 4 is 0 Å². The highest BCUT2D eigenvalue weighted by atomic mass is 15.3. The molecule has 1 heteroatoms. The van der Waals surface area contributed by atoms with E-state index in [-0.39, 0.29) is 0 Å². The maximum absolute atomic E-state index is 3.74. The van der Waals surface area contributed by atoms with Crippen molar-refractivity contribution in [3.05, 3.63) is 12.3 Å². The van der Waals surface area contributed by atoms with Gasteiger partial charge in [0, 0.05) is 18.8 Å². The van der Waals surface area contributed by atoms with Gasteiger partial charge in [0.25, 0.3) is 0 Å². The number of allylic oxidation sites excluding steroid dienone is 1. The maximum Gasteiger partial charge on any atom is 0.0351 e. The van der Waals surface area contributed by atoms with Gasteiger partial charge in [0.1, 0.15) is 0 Å². The van der Waals surface area contributed by atoms with Crippen molar-refractivity contribution in [1.82, 2.24) is 4.90 Å². The van der Waals surface area contributed by atoms with Gasteiger partial charge in [-0.1, -0.05) is 6.58 Å². The average Bonchev–Trinajstić information content (AvgIpc) is 2.06. The minimum Gasteiger partial charge on any atom is -0.372 e. The normalized spacial score (nSPS) is 17.8. The second-order valence-corrected chi connectivity index (χ2v) is 1.72. The summed E-state index contributed by atoms with van der Waals surface area (Å²) in [5, 5.41) is 0. The summed E-state index contributed by atoms with van der Waals surface area (Å²) >= 11 is 0. The molecule has 0 radical (unpaired) electrons. The Labute approximate surface area is 38.3 Å². The molecular formula is C5H9N. The van der Waals surface area contributed by atoms with Crippen LogP contribution in [0.1, 0.15) is 6.92 Å². The summed E-state index contributed by atoms with van der Waals surface area (Å²) in [5.74, 6) is 0. The Kier molecular flexibility index (Phi) is 0.621. The summed E-state index contributed by atoms with van der Waals surface area (Å²) in [7, 11) is 0. The lowest BCUT2D eigenvalue weighted by molar-refractivity contribution is 0.703. The van der Waals surface area contributed by atoms with Crippen LogP contribution in [-0.4, -0.2) is 18.0 Å². The Bertz CT molecular complexity index is 72.0. The van der Waals surface area contributed by atoms with E-state index in [1.807, 2.05) is 6.92 Å². The summed E-state index contributed by atoms with van der Waals surface area (Å²) < 4.78 is 0. The monoisotopic (exact) mass is 83.1 g/mol. The Balaban J connectivity index is 2.31. The first-order chi connectivity index (χ1) is 2.80. The van der Waals surface area contributed by atoms with Crippen LogP contribution in [0.3, 0.4) is 0 Å². The molecule has 6 heavy (non-hydrogen) atoms. The van der Waals surface area contributed by atoms with Gasteiger partial charge in [0.2, 0.25) is 0 Å². The van der Waals surface area contributed by atoms with Gasteiger partial charge in [0.15, 0.2) is 0 Å². The molecule has 0 aliphatic carbocycles. The molecule has 0 N–H and O–H groups in total. The van der Waals surface area contributed by atoms with Gasteiger partial charge in [-0.25, -0.2) is 0 Å². The summed E-state index contributed by atoms with van der Waals surface area (Å²) in [6.07, 6.45) is 0. The van der Waals surface area contributed by atoms with Gasteiger partial charge in [0.05, 0.1) is 0 Å². The fourth-order valence-corrected chi connectivity index (χ4v) is 0.432. The lowest BCUT2D eigenvalue weighted by atomic mass is 10.6. The van der Waals surface area contributed by atoms with Gasteiger partial charge >= 0.3 is 0 Å². The second-order valence-electron chi connectivity index (χ2n) is 1.72. The second kappa shape index (κ2) is 1.00. The van der Waals surface area contributed by atoms with E-state index >= 15 is 0 Å². The van der Waals surface area contributed by atoms with E-state index in [0.717, 1.165) is 0 Å². The van der Waals surface area contributed by atoms with Crippen LogP contribution in [0, 0.1) is 0 Å². The zero-order chi connectivity index (χ0) is 4.57. The predicted octanol–water partition coefficient (Wildman–Crippen LogP) is 0.836. The quantitative estimate of drug-likeness (QED) is 0.424. The molecule has 1 aliphatic heterocycles. The Morgan fingerprint density at radius 1 is 1.67 bits per heavy atom. The van der Waals surface area contributed by atoms with E-state index in [4.69, 9.17) is 0 Å². The summed E-state index contributed by atoms with van der Waals surface area (Å²) in [4.78, 5) is 2.22. The van der Waals surface area contributed by atoms with Crippen molar-refractivity contribution in [1.29, 1.82) is 0 Å². The molecule has 1 heterocycles. The van der Waals surface area contributed by atoms with Crippen LogP contribution in [0.15, 0.2) is 12.3 Å². The molecule has 0 spiro atoms. The van der Waals surface area contributed by atoms with Crippen molar-refractivity contribution in [2.45, 2.75) is 6.92 Å². The standard InChI is InChI=1S/C5H9N/c1-5(2)6-3-4-6/h1,3-4H2,2H3. The topological polar surface area (TPSA) is 3.01 Å². The van der Waals surface area contributed by atoms with Crippen LogP contribution in [0.2, 0.25) is 0 Å². The van der Waals surface area contributed by atoms with Crippen LogP contribution in [0.25, 0.3) is 0 Å². The third-order valence-corrected chi connectivity index (χ3v) is 0.987. The number of nitrogens with zero attached hydrogens (tertiary/aromatic N) is 1. The van der Waals surface area contributed by atoms with Crippen molar-refractivity contribution in [2.75, 3.05) is 13.1 Å². The van der Waals surface area contributed by atoms with Gasteiger partial charge in [-0.15, -0.1) is 0 Å². The zero-order valence-corrected chi connectivity index (χ0v) is 4.07. The SMILES string of the molecule is C=C(C)N1CC1. The van der Waals surface area contributed by atoms with Crippen molar-refractivity contribution in [3.63, 3.8) is 0 Å². The molecule has 0 aromatic heterocycles. The summed E-state index contributed by atoms with van der Waals surface area (Å²) in [6.45, 7) is 8.24. The van der Waals surface area contributed by atoms with Gasteiger partial charge < -0.3 is 4.90 Å². The molecular weight excluding hydrogens is 74.1 g/mol. The molecule has 0 aromatic rings. The lowest BCUT2D eigenvalue weighted by Crippen LogP contribution is -1.86. The molecule has 0 saturated carbocycles. The van der Waals surface area contributed by atoms with Gasteiger partial charge in [-0.05, 0) is 6.92 Å². The minimum atomic E-state index is 1.20. The van der Waals surface area contributed by atoms with Gasteiger partial charge in [-0.2, -0.15) is 0 Å². The Hall–Kier alpha value is -0.460. The molecule has 1 nitrogen and oxygen atoms in total. The number of hydrogen-bond donors (Lipinski definition) is 0. The molecule has 0 unspecified atom stereocenters. The maximum atomic E-state index is 3.74. The van der Waals surface area contributed by atoms with Crippen LogP contribution >= 0.6 is 0 Å². The lowest BCUT2D eigenvalue weighted by Gasteiger charge is -1.93. The molecule has 0 aromatic carbocycles. The fraction of sp³-hybridized carbons (Fsp3) is 0.600. The van der Waals surface area contributed by atoms with Crippen LogP contribution in [0.5, 0.6) is 0 Å². The highest BCUT2D eigenvalue weighted by Crippen LogP contribution is 2.09. The molecule has 0 bridgehead atoms. The van der Waals surface area contributed by atoms with E-state index in [1.165, 1.54) is 18.8 Å². The first-order valence-corrected chi connectivity index (χ1v) is 2.21. The molecule has 1 aliphatic rings. The summed E-state index contributed by atoms with van der Waals surface area (Å²) in [5.41, 5.74) is 1.20. The van der Waals surface area contributed by atoms with E-state index in [9.17, 15) is 0 Å². The smallest absolute Gasteiger partial charge is 0.0351 e. The van der Waals surface area contributed by atoms with E-state index in [2.05, 4.69) is 11.5 Å². The first kappa shape index (κ1) is 3.72. The number of rotatable bonds is 1. The third-order valence-electron chi connectivity index (χ3n) is 0.987. The zero-order valence-electron chi connectivity index (χ0n) is 4.07. The van der Waals surface area contributed by atoms with Crippen molar-refractivity contribution in [2.24, 2.45) is 0 Å². The largest absolute Gasteiger partial charge is 0.372 e. The molecule has 1 rings (SSSR count). The van der Waals surface area contributed by atoms with Crippen LogP contribution in [0.4, 0.5) is 0 Å². The van der Waals surface area contributed by atoms with E-state index in [0.29, 0.717) is 0 Å². The van der Waals surface area contributed by atoms with E-state index < -0.39 is 0 Å². The fourth-order valence-electron chi connectivity index (χ4n) is 0.432. The predicted molar refractivity (Wildman–Crippen MR) is 26.4 cm³/mol. The third kappa shape index (κ3) is 0.534. The van der Waals surface area contributed by atoms with Crippen molar-refractivity contribution < 1.29 is 0 Å². The highest BCUT2D eigenvalue weighted by Gasteiger charge is 2.14. The Morgan fingerprint density at radius 2 is 2.17 bits per heavy atom. The molecule has 0 atom stereocenters. The van der Waals surface area contributed by atoms with Crippen LogP contribution in [-0.2, 0) is 0 Å². The van der Waals surface area contributed by atoms with Gasteiger partial charge in [-0.3, -0.25) is 0 Å². The minimum absolute atomic E-state index is 1.20. The molecule has 34 valence electrons. The van der Waals surface area contributed by atoms with E-state index in [1.54, 1.807) is 0 Å². The summed E-state index contributed by atoms with van der Waals surface area (Å²) in [6, 6.07) is 0. The molecule has 1 fully saturated rings. The molecule has 0 amide bonds. The average molecular weight is 83.1 g/mol. The molecule has 1 saturated heterocycles. The highest BCUT2D eigenvalue weighted by molar-refractivity contribution is 4.96. The van der Waals surface area contributed by atoms with Crippen molar-refractivity contribution in [3.8, 4) is 0 Å².